The summed E-state index contributed by atoms with van der Waals surface area (Å²) in [6.45, 7) is 10.1. The molecular weight excluding hydrogens is 264 g/mol. The highest BCUT2D eigenvalue weighted by Gasteiger charge is 2.20. The van der Waals surface area contributed by atoms with E-state index in [2.05, 4.69) is 39.1 Å². The molecule has 3 rings (SSSR count). The maximum atomic E-state index is 4.38. The third kappa shape index (κ3) is 3.32. The summed E-state index contributed by atoms with van der Waals surface area (Å²) in [7, 11) is 0. The highest BCUT2D eigenvalue weighted by atomic mass is 15.4. The lowest BCUT2D eigenvalue weighted by Crippen LogP contribution is -2.40. The molecular formula is C15H24N6. The number of nitrogens with zero attached hydrogens (tertiary/aromatic N) is 5. The smallest absolute Gasteiger partial charge is 0.254 e. The Labute approximate surface area is 125 Å². The Bertz CT molecular complexity index is 597. The predicted octanol–water partition coefficient (Wildman–Crippen LogP) is 1.97. The lowest BCUT2D eigenvalue weighted by molar-refractivity contribution is 0.197. The maximum Gasteiger partial charge on any atom is 0.254 e. The van der Waals surface area contributed by atoms with Gasteiger partial charge in [0.15, 0.2) is 0 Å². The van der Waals surface area contributed by atoms with E-state index in [4.69, 9.17) is 0 Å². The fourth-order valence-corrected chi connectivity index (χ4v) is 3.02. The van der Waals surface area contributed by atoms with Gasteiger partial charge in [0.1, 0.15) is 12.1 Å². The molecule has 6 nitrogen and oxygen atoms in total. The van der Waals surface area contributed by atoms with Gasteiger partial charge < -0.3 is 10.2 Å². The summed E-state index contributed by atoms with van der Waals surface area (Å²) >= 11 is 0. The van der Waals surface area contributed by atoms with Gasteiger partial charge in [0.05, 0.1) is 0 Å². The molecule has 0 aliphatic carbocycles. The van der Waals surface area contributed by atoms with E-state index in [1.807, 2.05) is 13.0 Å². The minimum atomic E-state index is 0.502. The highest BCUT2D eigenvalue weighted by molar-refractivity contribution is 5.45. The first-order chi connectivity index (χ1) is 10.1. The number of hydrogen-bond acceptors (Lipinski definition) is 5. The number of aromatic nitrogens is 4. The summed E-state index contributed by atoms with van der Waals surface area (Å²) in [5.41, 5.74) is 0.968. The molecule has 0 atom stereocenters. The summed E-state index contributed by atoms with van der Waals surface area (Å²) < 4.78 is 1.79. The number of hydrogen-bond donors (Lipinski definition) is 1. The largest absolute Gasteiger partial charge is 0.367 e. The predicted molar refractivity (Wildman–Crippen MR) is 83.4 cm³/mol. The van der Waals surface area contributed by atoms with E-state index in [0.717, 1.165) is 17.4 Å². The van der Waals surface area contributed by atoms with E-state index in [9.17, 15) is 0 Å². The molecule has 6 heteroatoms. The standard InChI is InChI=1S/C15H24N6/c1-11(2)9-20-6-4-13(5-7-20)19-14-8-12(3)18-15-16-10-17-21(14)15/h8,10-11,13,19H,4-7,9H2,1-3H3. The van der Waals surface area contributed by atoms with E-state index >= 15 is 0 Å². The number of rotatable bonds is 4. The van der Waals surface area contributed by atoms with Crippen molar-refractivity contribution in [2.75, 3.05) is 25.0 Å². The van der Waals surface area contributed by atoms with E-state index in [0.29, 0.717) is 11.8 Å². The van der Waals surface area contributed by atoms with Crippen LogP contribution >= 0.6 is 0 Å². The van der Waals surface area contributed by atoms with Crippen LogP contribution in [0.5, 0.6) is 0 Å². The van der Waals surface area contributed by atoms with Crippen molar-refractivity contribution >= 4 is 11.6 Å². The molecule has 0 saturated carbocycles. The van der Waals surface area contributed by atoms with E-state index in [-0.39, 0.29) is 0 Å². The van der Waals surface area contributed by atoms with Crippen LogP contribution in [0.1, 0.15) is 32.4 Å². The summed E-state index contributed by atoms with van der Waals surface area (Å²) in [5.74, 6) is 2.40. The number of aryl methyl sites for hydroxylation is 1. The van der Waals surface area contributed by atoms with Crippen molar-refractivity contribution in [1.82, 2.24) is 24.5 Å². The second-order valence-electron chi connectivity index (χ2n) is 6.37. The number of piperidine rings is 1. The molecule has 0 spiro atoms. The number of nitrogens with one attached hydrogen (secondary N) is 1. The Balaban J connectivity index is 1.66. The Kier molecular flexibility index (Phi) is 4.05. The zero-order valence-corrected chi connectivity index (χ0v) is 13.1. The number of anilines is 1. The summed E-state index contributed by atoms with van der Waals surface area (Å²) in [4.78, 5) is 11.1. The molecule has 0 radical (unpaired) electrons. The van der Waals surface area contributed by atoms with Crippen molar-refractivity contribution in [1.29, 1.82) is 0 Å². The molecule has 0 aromatic carbocycles. The Morgan fingerprint density at radius 2 is 2.10 bits per heavy atom. The zero-order chi connectivity index (χ0) is 14.8. The number of fused-ring (bicyclic) bond motifs is 1. The van der Waals surface area contributed by atoms with Crippen molar-refractivity contribution < 1.29 is 0 Å². The van der Waals surface area contributed by atoms with Gasteiger partial charge in [-0.1, -0.05) is 13.8 Å². The Morgan fingerprint density at radius 3 is 2.81 bits per heavy atom. The van der Waals surface area contributed by atoms with Gasteiger partial charge in [-0.05, 0) is 25.7 Å². The van der Waals surface area contributed by atoms with Crippen molar-refractivity contribution in [3.05, 3.63) is 18.1 Å². The van der Waals surface area contributed by atoms with Crippen LogP contribution in [0.2, 0.25) is 0 Å². The van der Waals surface area contributed by atoms with Gasteiger partial charge in [-0.3, -0.25) is 0 Å². The molecule has 3 heterocycles. The minimum absolute atomic E-state index is 0.502. The van der Waals surface area contributed by atoms with Crippen LogP contribution in [-0.2, 0) is 0 Å². The molecule has 0 amide bonds. The van der Waals surface area contributed by atoms with Crippen LogP contribution in [-0.4, -0.2) is 50.2 Å². The molecule has 114 valence electrons. The Hall–Kier alpha value is -1.69. The third-order valence-electron chi connectivity index (χ3n) is 3.94. The first-order valence-electron chi connectivity index (χ1n) is 7.78. The zero-order valence-electron chi connectivity index (χ0n) is 13.1. The fraction of sp³-hybridized carbons (Fsp3) is 0.667. The average molecular weight is 288 g/mol. The molecule has 1 fully saturated rings. The van der Waals surface area contributed by atoms with Crippen molar-refractivity contribution in [2.45, 2.75) is 39.7 Å². The normalized spacial score (nSPS) is 17.7. The molecule has 2 aromatic heterocycles. The third-order valence-corrected chi connectivity index (χ3v) is 3.94. The van der Waals surface area contributed by atoms with Gasteiger partial charge in [0.25, 0.3) is 5.78 Å². The SMILES string of the molecule is Cc1cc(NC2CCN(CC(C)C)CC2)n2ncnc2n1. The molecule has 0 unspecified atom stereocenters. The number of likely N-dealkylation sites (tertiary alicyclic amines) is 1. The van der Waals surface area contributed by atoms with Gasteiger partial charge in [-0.2, -0.15) is 14.6 Å². The van der Waals surface area contributed by atoms with E-state index in [1.54, 1.807) is 10.8 Å². The van der Waals surface area contributed by atoms with Crippen molar-refractivity contribution in [3.63, 3.8) is 0 Å². The van der Waals surface area contributed by atoms with Gasteiger partial charge in [0.2, 0.25) is 0 Å². The lowest BCUT2D eigenvalue weighted by atomic mass is 10.0. The molecule has 1 N–H and O–H groups in total. The molecule has 2 aromatic rings. The molecule has 1 saturated heterocycles. The average Bonchev–Trinajstić information content (AvgIpc) is 2.88. The van der Waals surface area contributed by atoms with Crippen LogP contribution in [0.3, 0.4) is 0 Å². The second-order valence-corrected chi connectivity index (χ2v) is 6.37. The fourth-order valence-electron chi connectivity index (χ4n) is 3.02. The van der Waals surface area contributed by atoms with E-state index < -0.39 is 0 Å². The van der Waals surface area contributed by atoms with Gasteiger partial charge in [0, 0.05) is 37.4 Å². The first kappa shape index (κ1) is 14.3. The van der Waals surface area contributed by atoms with Crippen LogP contribution in [0, 0.1) is 12.8 Å². The van der Waals surface area contributed by atoms with Gasteiger partial charge >= 0.3 is 0 Å². The van der Waals surface area contributed by atoms with Gasteiger partial charge in [-0.25, -0.2) is 4.98 Å². The second kappa shape index (κ2) is 5.97. The molecule has 21 heavy (non-hydrogen) atoms. The van der Waals surface area contributed by atoms with Gasteiger partial charge in [-0.15, -0.1) is 0 Å². The maximum absolute atomic E-state index is 4.38. The van der Waals surface area contributed by atoms with Crippen LogP contribution < -0.4 is 5.32 Å². The monoisotopic (exact) mass is 288 g/mol. The molecule has 1 aliphatic heterocycles. The lowest BCUT2D eigenvalue weighted by Gasteiger charge is -2.33. The van der Waals surface area contributed by atoms with Crippen LogP contribution in [0.15, 0.2) is 12.4 Å². The molecule has 1 aliphatic rings. The quantitative estimate of drug-likeness (QED) is 0.932. The summed E-state index contributed by atoms with van der Waals surface area (Å²) in [5, 5.41) is 7.87. The summed E-state index contributed by atoms with van der Waals surface area (Å²) in [6, 6.07) is 2.55. The molecule has 0 bridgehead atoms. The minimum Gasteiger partial charge on any atom is -0.367 e. The van der Waals surface area contributed by atoms with Crippen molar-refractivity contribution in [2.24, 2.45) is 5.92 Å². The van der Waals surface area contributed by atoms with Crippen LogP contribution in [0.4, 0.5) is 5.82 Å². The Morgan fingerprint density at radius 1 is 1.33 bits per heavy atom. The summed E-state index contributed by atoms with van der Waals surface area (Å²) in [6.07, 6.45) is 3.90. The highest BCUT2D eigenvalue weighted by Crippen LogP contribution is 2.18. The van der Waals surface area contributed by atoms with Crippen molar-refractivity contribution in [3.8, 4) is 0 Å². The van der Waals surface area contributed by atoms with Crippen LogP contribution in [0.25, 0.3) is 5.78 Å². The van der Waals surface area contributed by atoms with E-state index in [1.165, 1.54) is 32.5 Å². The topological polar surface area (TPSA) is 58.4 Å². The first-order valence-corrected chi connectivity index (χ1v) is 7.78.